The minimum atomic E-state index is -4.75. The average Bonchev–Trinajstić information content (AvgIpc) is 3.82. The van der Waals surface area contributed by atoms with Gasteiger partial charge in [-0.2, -0.15) is 13.0 Å². The van der Waals surface area contributed by atoms with E-state index >= 15 is 0 Å². The van der Waals surface area contributed by atoms with Crippen LogP contribution in [0.2, 0.25) is 0 Å². The number of ether oxygens (including phenoxy) is 1. The summed E-state index contributed by atoms with van der Waals surface area (Å²) in [5, 5.41) is 2.79. The van der Waals surface area contributed by atoms with E-state index in [1.165, 1.54) is 41.2 Å². The van der Waals surface area contributed by atoms with Gasteiger partial charge >= 0.3 is 0 Å². The Labute approximate surface area is 406 Å². The number of allylic oxidation sites excluding steroid dienone is 7. The molecule has 366 valence electrons. The topological polar surface area (TPSA) is 194 Å². The van der Waals surface area contributed by atoms with E-state index in [1.807, 2.05) is 55.2 Å². The van der Waals surface area contributed by atoms with E-state index in [4.69, 9.17) is 4.74 Å². The molecule has 7 rings (SSSR count). The molecule has 0 saturated carbocycles. The van der Waals surface area contributed by atoms with Crippen molar-refractivity contribution in [2.24, 2.45) is 0 Å². The molecule has 0 atom stereocenters. The number of fused-ring (bicyclic) bond motifs is 2. The van der Waals surface area contributed by atoms with E-state index in [1.54, 1.807) is 6.07 Å². The number of para-hydroxylation sites is 1. The van der Waals surface area contributed by atoms with Gasteiger partial charge in [0.15, 0.2) is 5.71 Å². The number of benzene rings is 3. The fourth-order valence-electron chi connectivity index (χ4n) is 9.66. The number of amides is 3. The van der Waals surface area contributed by atoms with Gasteiger partial charge in [0.25, 0.3) is 21.9 Å². The number of carbonyl (C=O) groups excluding carboxylic acids is 3. The van der Waals surface area contributed by atoms with Gasteiger partial charge in [-0.25, -0.2) is 8.42 Å². The SMILES string of the molecule is CCCC[N+]1=C(/C=C/C2=C(Oc3ccc(CCC(=O)NCCN4C(=O)C=CC4=O)cc3)C(=C/C=C3/N(CCCCS(=O)(=O)O)c4ccc(S(=O)(=O)[O-])cc4C3(C)C)/CCC2)C(C)(C)c2ccccc21. The van der Waals surface area contributed by atoms with Gasteiger partial charge < -0.3 is 19.5 Å². The molecule has 0 fully saturated rings. The number of imide groups is 1. The van der Waals surface area contributed by atoms with Crippen molar-refractivity contribution >= 4 is 55.0 Å². The molecule has 0 radical (unpaired) electrons. The molecule has 0 spiro atoms. The molecule has 1 aliphatic carbocycles. The van der Waals surface area contributed by atoms with Crippen LogP contribution >= 0.6 is 0 Å². The molecule has 0 aromatic heterocycles. The van der Waals surface area contributed by atoms with Crippen LogP contribution < -0.4 is 15.0 Å². The van der Waals surface area contributed by atoms with E-state index in [-0.39, 0.29) is 42.1 Å². The van der Waals surface area contributed by atoms with E-state index in [2.05, 4.69) is 67.1 Å². The Kier molecular flexibility index (Phi) is 15.5. The van der Waals surface area contributed by atoms with Gasteiger partial charge in [0.1, 0.15) is 28.2 Å². The van der Waals surface area contributed by atoms with Crippen LogP contribution in [0.5, 0.6) is 5.75 Å². The Morgan fingerprint density at radius 3 is 2.28 bits per heavy atom. The van der Waals surface area contributed by atoms with Crippen molar-refractivity contribution in [2.45, 2.75) is 108 Å². The number of hydrogen-bond acceptors (Lipinski definition) is 10. The molecule has 3 aliphatic heterocycles. The molecule has 16 heteroatoms. The molecule has 4 aliphatic rings. The van der Waals surface area contributed by atoms with Crippen molar-refractivity contribution in [3.05, 3.63) is 142 Å². The van der Waals surface area contributed by atoms with Crippen LogP contribution in [0.4, 0.5) is 11.4 Å². The van der Waals surface area contributed by atoms with Crippen LogP contribution in [0.1, 0.15) is 103 Å². The monoisotopic (exact) mass is 978 g/mol. The van der Waals surface area contributed by atoms with E-state index < -0.39 is 43.2 Å². The predicted octanol–water partition coefficient (Wildman–Crippen LogP) is 8.09. The summed E-state index contributed by atoms with van der Waals surface area (Å²) in [6.45, 7) is 12.2. The van der Waals surface area contributed by atoms with Crippen LogP contribution in [-0.2, 0) is 51.9 Å². The zero-order valence-electron chi connectivity index (χ0n) is 40.0. The normalized spacial score (nSPS) is 18.9. The summed E-state index contributed by atoms with van der Waals surface area (Å²) in [7, 11) is -8.92. The lowest BCUT2D eigenvalue weighted by Crippen LogP contribution is -2.38. The first-order valence-electron chi connectivity index (χ1n) is 23.7. The second kappa shape index (κ2) is 21.0. The van der Waals surface area contributed by atoms with Gasteiger partial charge in [0.2, 0.25) is 11.6 Å². The van der Waals surface area contributed by atoms with Crippen molar-refractivity contribution in [3.63, 3.8) is 0 Å². The fraction of sp³-hybridized carbons (Fsp3) is 0.396. The second-order valence-corrected chi connectivity index (χ2v) is 21.9. The van der Waals surface area contributed by atoms with Crippen LogP contribution in [0.15, 0.2) is 131 Å². The van der Waals surface area contributed by atoms with Crippen molar-refractivity contribution in [1.82, 2.24) is 10.2 Å². The minimum absolute atomic E-state index is 0.101. The Balaban J connectivity index is 1.21. The first kappa shape index (κ1) is 50.9. The minimum Gasteiger partial charge on any atom is -0.744 e. The van der Waals surface area contributed by atoms with Crippen molar-refractivity contribution in [2.75, 3.05) is 36.8 Å². The summed E-state index contributed by atoms with van der Waals surface area (Å²) in [5.41, 5.74) is 7.69. The highest BCUT2D eigenvalue weighted by Gasteiger charge is 2.44. The molecular weight excluding hydrogens is 917 g/mol. The van der Waals surface area contributed by atoms with E-state index in [0.29, 0.717) is 48.6 Å². The number of hydrogen-bond donors (Lipinski definition) is 2. The molecule has 3 aromatic rings. The predicted molar refractivity (Wildman–Crippen MR) is 265 cm³/mol. The molecular formula is C53H62N4O10S2. The average molecular weight is 979 g/mol. The number of aryl methyl sites for hydroxylation is 1. The zero-order valence-corrected chi connectivity index (χ0v) is 41.6. The number of unbranched alkanes of at least 4 members (excludes halogenated alkanes) is 2. The van der Waals surface area contributed by atoms with Crippen molar-refractivity contribution < 1.29 is 49.6 Å². The van der Waals surface area contributed by atoms with Gasteiger partial charge in [-0.1, -0.05) is 63.6 Å². The molecule has 2 N–H and O–H groups in total. The van der Waals surface area contributed by atoms with E-state index in [9.17, 15) is 40.3 Å². The van der Waals surface area contributed by atoms with Crippen LogP contribution in [-0.4, -0.2) is 90.8 Å². The quantitative estimate of drug-likeness (QED) is 0.0481. The number of nitrogens with one attached hydrogen (secondary N) is 1. The molecule has 3 aromatic carbocycles. The zero-order chi connectivity index (χ0) is 49.7. The second-order valence-electron chi connectivity index (χ2n) is 19.0. The molecule has 3 heterocycles. The van der Waals surface area contributed by atoms with Crippen molar-refractivity contribution in [3.8, 4) is 5.75 Å². The number of nitrogens with zero attached hydrogens (tertiary/aromatic N) is 3. The highest BCUT2D eigenvalue weighted by atomic mass is 32.2. The number of rotatable bonds is 20. The maximum absolute atomic E-state index is 12.7. The first-order valence-corrected chi connectivity index (χ1v) is 26.7. The molecule has 0 unspecified atom stereocenters. The summed E-state index contributed by atoms with van der Waals surface area (Å²) in [6.07, 6.45) is 16.5. The van der Waals surface area contributed by atoms with Crippen LogP contribution in [0, 0.1) is 0 Å². The fourth-order valence-corrected chi connectivity index (χ4v) is 10.7. The highest BCUT2D eigenvalue weighted by Crippen LogP contribution is 2.49. The largest absolute Gasteiger partial charge is 0.744 e. The lowest BCUT2D eigenvalue weighted by molar-refractivity contribution is -0.438. The van der Waals surface area contributed by atoms with E-state index in [0.717, 1.165) is 59.5 Å². The Morgan fingerprint density at radius 1 is 0.855 bits per heavy atom. The van der Waals surface area contributed by atoms with Gasteiger partial charge in [-0.3, -0.25) is 23.8 Å². The summed E-state index contributed by atoms with van der Waals surface area (Å²) in [4.78, 5) is 39.2. The number of carbonyl (C=O) groups is 3. The summed E-state index contributed by atoms with van der Waals surface area (Å²) >= 11 is 0. The van der Waals surface area contributed by atoms with Gasteiger partial charge in [0, 0.05) is 79.1 Å². The molecule has 0 bridgehead atoms. The lowest BCUT2D eigenvalue weighted by atomic mass is 9.81. The maximum atomic E-state index is 12.7. The number of anilines is 1. The van der Waals surface area contributed by atoms with Gasteiger partial charge in [-0.15, -0.1) is 0 Å². The summed E-state index contributed by atoms with van der Waals surface area (Å²) in [5.74, 6) is -0.0720. The maximum Gasteiger partial charge on any atom is 0.264 e. The Hall–Kier alpha value is -5.94. The van der Waals surface area contributed by atoms with Crippen LogP contribution in [0.25, 0.3) is 0 Å². The third-order valence-electron chi connectivity index (χ3n) is 13.4. The Morgan fingerprint density at radius 2 is 1.58 bits per heavy atom. The first-order chi connectivity index (χ1) is 32.7. The smallest absolute Gasteiger partial charge is 0.264 e. The van der Waals surface area contributed by atoms with Crippen LogP contribution in [0.3, 0.4) is 0 Å². The molecule has 3 amide bonds. The highest BCUT2D eigenvalue weighted by molar-refractivity contribution is 7.86. The van der Waals surface area contributed by atoms with Gasteiger partial charge in [-0.05, 0) is 117 Å². The molecule has 69 heavy (non-hydrogen) atoms. The summed E-state index contributed by atoms with van der Waals surface area (Å²) < 4.78 is 78.5. The summed E-state index contributed by atoms with van der Waals surface area (Å²) in [6, 6.07) is 20.5. The molecule has 0 saturated heterocycles. The molecule has 14 nitrogen and oxygen atoms in total. The van der Waals surface area contributed by atoms with Gasteiger partial charge in [0.05, 0.1) is 16.1 Å². The Bertz CT molecular complexity index is 2910. The lowest BCUT2D eigenvalue weighted by Gasteiger charge is -2.27. The third-order valence-corrected chi connectivity index (χ3v) is 15.1. The standard InChI is InChI=1S/C53H62N4O10S2/c1-6-7-32-55-44-16-9-8-15-42(44)52(2,3)46(55)26-20-38-13-12-14-39(51(38)67-40-22-17-37(18-23-40)19-28-48(58)54-31-34-57-49(59)29-30-50(57)60)21-27-47-53(4,5)43-36-41(69(64,65)66)24-25-45(43)56(47)33-10-11-35-68(61,62)63/h8-9,15-18,20-27,29-30,36H,6-7,10-14,19,28,31-35H2,1-5H3,(H2-,54,58,61,62,63,64,65,66). The van der Waals surface area contributed by atoms with Crippen molar-refractivity contribution in [1.29, 1.82) is 0 Å². The third kappa shape index (κ3) is 11.7.